The van der Waals surface area contributed by atoms with Gasteiger partial charge < -0.3 is 10.1 Å². The summed E-state index contributed by atoms with van der Waals surface area (Å²) in [5.41, 5.74) is 3.87. The molecule has 1 aliphatic heterocycles. The summed E-state index contributed by atoms with van der Waals surface area (Å²) < 4.78 is 5.82. The molecule has 1 heterocycles. The average Bonchev–Trinajstić information content (AvgIpc) is 2.50. The van der Waals surface area contributed by atoms with Gasteiger partial charge in [-0.15, -0.1) is 0 Å². The summed E-state index contributed by atoms with van der Waals surface area (Å²) in [6.07, 6.45) is 1.04. The first kappa shape index (κ1) is 13.0. The molecule has 3 rings (SSSR count). The largest absolute Gasteiger partial charge is 0.493 e. The number of hydrogen-bond donors (Lipinski definition) is 1. The van der Waals surface area contributed by atoms with Crippen LogP contribution in [0.3, 0.4) is 0 Å². The first-order chi connectivity index (χ1) is 9.79. The van der Waals surface area contributed by atoms with Gasteiger partial charge in [-0.2, -0.15) is 0 Å². The first-order valence-corrected chi connectivity index (χ1v) is 7.35. The Morgan fingerprint density at radius 2 is 1.85 bits per heavy atom. The molecular weight excluding hydrogens is 246 g/mol. The fraction of sp³-hybridized carbons (Fsp3) is 0.333. The predicted octanol–water partition coefficient (Wildman–Crippen LogP) is 4.43. The molecule has 1 N–H and O–H groups in total. The standard InChI is InChI=1S/C18H21NO/c1-3-14-8-4-6-10-16(14)19-18-13(2)12-20-17-11-7-5-9-15(17)18/h4-11,13,18-19H,3,12H2,1-2H3. The van der Waals surface area contributed by atoms with Crippen LogP contribution in [0.5, 0.6) is 5.75 Å². The van der Waals surface area contributed by atoms with Crippen LogP contribution in [0.4, 0.5) is 5.69 Å². The van der Waals surface area contributed by atoms with Crippen molar-refractivity contribution in [1.29, 1.82) is 0 Å². The summed E-state index contributed by atoms with van der Waals surface area (Å²) in [6.45, 7) is 5.20. The smallest absolute Gasteiger partial charge is 0.124 e. The van der Waals surface area contributed by atoms with Crippen molar-refractivity contribution in [1.82, 2.24) is 0 Å². The molecule has 2 atom stereocenters. The van der Waals surface area contributed by atoms with Crippen molar-refractivity contribution in [2.75, 3.05) is 11.9 Å². The molecule has 2 nitrogen and oxygen atoms in total. The molecule has 0 amide bonds. The molecule has 2 unspecified atom stereocenters. The molecule has 2 aromatic rings. The monoisotopic (exact) mass is 267 g/mol. The SMILES string of the molecule is CCc1ccccc1NC1c2ccccc2OCC1C. The average molecular weight is 267 g/mol. The second-order valence-electron chi connectivity index (χ2n) is 5.46. The van der Waals surface area contributed by atoms with Crippen molar-refractivity contribution >= 4 is 5.69 Å². The molecule has 0 bridgehead atoms. The molecule has 0 radical (unpaired) electrons. The van der Waals surface area contributed by atoms with E-state index < -0.39 is 0 Å². The van der Waals surface area contributed by atoms with E-state index >= 15 is 0 Å². The number of rotatable bonds is 3. The summed E-state index contributed by atoms with van der Waals surface area (Å²) in [5.74, 6) is 1.46. The third kappa shape index (κ3) is 2.38. The van der Waals surface area contributed by atoms with Gasteiger partial charge in [0.1, 0.15) is 5.75 Å². The van der Waals surface area contributed by atoms with Crippen LogP contribution in [-0.4, -0.2) is 6.61 Å². The number of hydrogen-bond acceptors (Lipinski definition) is 2. The Balaban J connectivity index is 1.94. The van der Waals surface area contributed by atoms with E-state index in [9.17, 15) is 0 Å². The van der Waals surface area contributed by atoms with Crippen molar-refractivity contribution < 1.29 is 4.74 Å². The maximum atomic E-state index is 5.82. The van der Waals surface area contributed by atoms with Gasteiger partial charge in [0.25, 0.3) is 0 Å². The molecule has 0 aliphatic carbocycles. The Labute approximate surface area is 120 Å². The first-order valence-electron chi connectivity index (χ1n) is 7.35. The predicted molar refractivity (Wildman–Crippen MR) is 83.3 cm³/mol. The van der Waals surface area contributed by atoms with Crippen LogP contribution in [-0.2, 0) is 6.42 Å². The highest BCUT2D eigenvalue weighted by Crippen LogP contribution is 2.37. The highest BCUT2D eigenvalue weighted by atomic mass is 16.5. The zero-order valence-electron chi connectivity index (χ0n) is 12.1. The Bertz CT molecular complexity index is 593. The number of benzene rings is 2. The minimum atomic E-state index is 0.313. The van der Waals surface area contributed by atoms with Gasteiger partial charge in [0.2, 0.25) is 0 Å². The fourth-order valence-corrected chi connectivity index (χ4v) is 2.85. The molecule has 20 heavy (non-hydrogen) atoms. The van der Waals surface area contributed by atoms with Crippen LogP contribution in [0.1, 0.15) is 31.0 Å². The maximum Gasteiger partial charge on any atom is 0.124 e. The van der Waals surface area contributed by atoms with Crippen LogP contribution in [0.25, 0.3) is 0 Å². The summed E-state index contributed by atoms with van der Waals surface area (Å²) in [6, 6.07) is 17.2. The molecule has 2 heteroatoms. The van der Waals surface area contributed by atoms with Gasteiger partial charge >= 0.3 is 0 Å². The molecule has 0 saturated heterocycles. The second kappa shape index (κ2) is 5.58. The Hall–Kier alpha value is -1.96. The van der Waals surface area contributed by atoms with Gasteiger partial charge in [0.05, 0.1) is 12.6 Å². The highest BCUT2D eigenvalue weighted by molar-refractivity contribution is 5.54. The van der Waals surface area contributed by atoms with E-state index in [0.717, 1.165) is 18.8 Å². The zero-order chi connectivity index (χ0) is 13.9. The molecule has 1 aliphatic rings. The number of anilines is 1. The maximum absolute atomic E-state index is 5.82. The molecule has 0 saturated carbocycles. The van der Waals surface area contributed by atoms with Gasteiger partial charge in [-0.1, -0.05) is 50.2 Å². The highest BCUT2D eigenvalue weighted by Gasteiger charge is 2.27. The lowest BCUT2D eigenvalue weighted by atomic mass is 9.91. The third-order valence-electron chi connectivity index (χ3n) is 4.03. The number of para-hydroxylation sites is 2. The fourth-order valence-electron chi connectivity index (χ4n) is 2.85. The Morgan fingerprint density at radius 3 is 2.70 bits per heavy atom. The number of aryl methyl sites for hydroxylation is 1. The minimum Gasteiger partial charge on any atom is -0.493 e. The second-order valence-corrected chi connectivity index (χ2v) is 5.46. The van der Waals surface area contributed by atoms with Crippen LogP contribution in [0, 0.1) is 5.92 Å². The lowest BCUT2D eigenvalue weighted by Gasteiger charge is -2.33. The van der Waals surface area contributed by atoms with E-state index in [1.54, 1.807) is 0 Å². The normalized spacial score (nSPS) is 20.9. The zero-order valence-corrected chi connectivity index (χ0v) is 12.1. The van der Waals surface area contributed by atoms with Crippen LogP contribution >= 0.6 is 0 Å². The van der Waals surface area contributed by atoms with Gasteiger partial charge in [-0.3, -0.25) is 0 Å². The quantitative estimate of drug-likeness (QED) is 0.888. The van der Waals surface area contributed by atoms with Crippen LogP contribution in [0.15, 0.2) is 48.5 Å². The molecule has 104 valence electrons. The Kier molecular flexibility index (Phi) is 3.64. The summed E-state index contributed by atoms with van der Waals surface area (Å²) >= 11 is 0. The van der Waals surface area contributed by atoms with E-state index in [1.807, 2.05) is 6.07 Å². The van der Waals surface area contributed by atoms with E-state index in [0.29, 0.717) is 12.0 Å². The van der Waals surface area contributed by atoms with Crippen LogP contribution in [0.2, 0.25) is 0 Å². The minimum absolute atomic E-state index is 0.313. The molecule has 0 aromatic heterocycles. The van der Waals surface area contributed by atoms with E-state index in [1.165, 1.54) is 16.8 Å². The topological polar surface area (TPSA) is 21.3 Å². The molecule has 0 fully saturated rings. The van der Waals surface area contributed by atoms with E-state index in [2.05, 4.69) is 61.6 Å². The van der Waals surface area contributed by atoms with Gasteiger partial charge in [-0.05, 0) is 24.1 Å². The van der Waals surface area contributed by atoms with E-state index in [-0.39, 0.29) is 0 Å². The van der Waals surface area contributed by atoms with E-state index in [4.69, 9.17) is 4.74 Å². The van der Waals surface area contributed by atoms with Gasteiger partial charge in [0, 0.05) is 17.2 Å². The number of fused-ring (bicyclic) bond motifs is 1. The molecule has 2 aromatic carbocycles. The van der Waals surface area contributed by atoms with Gasteiger partial charge in [0.15, 0.2) is 0 Å². The van der Waals surface area contributed by atoms with Crippen molar-refractivity contribution in [3.8, 4) is 5.75 Å². The Morgan fingerprint density at radius 1 is 1.10 bits per heavy atom. The summed E-state index contributed by atoms with van der Waals surface area (Å²) in [5, 5.41) is 3.73. The molecule has 0 spiro atoms. The van der Waals surface area contributed by atoms with Crippen molar-refractivity contribution in [2.24, 2.45) is 5.92 Å². The van der Waals surface area contributed by atoms with Crippen molar-refractivity contribution in [2.45, 2.75) is 26.3 Å². The number of ether oxygens (including phenoxy) is 1. The summed E-state index contributed by atoms with van der Waals surface area (Å²) in [4.78, 5) is 0. The summed E-state index contributed by atoms with van der Waals surface area (Å²) in [7, 11) is 0. The van der Waals surface area contributed by atoms with Crippen molar-refractivity contribution in [3.05, 3.63) is 59.7 Å². The van der Waals surface area contributed by atoms with Crippen LogP contribution < -0.4 is 10.1 Å². The van der Waals surface area contributed by atoms with Gasteiger partial charge in [-0.25, -0.2) is 0 Å². The third-order valence-corrected chi connectivity index (χ3v) is 4.03. The number of nitrogens with one attached hydrogen (secondary N) is 1. The lowest BCUT2D eigenvalue weighted by molar-refractivity contribution is 0.214. The molecular formula is C18H21NO. The van der Waals surface area contributed by atoms with Crippen molar-refractivity contribution in [3.63, 3.8) is 0 Å². The lowest BCUT2D eigenvalue weighted by Crippen LogP contribution is -2.29.